The van der Waals surface area contributed by atoms with E-state index >= 15 is 0 Å². The zero-order valence-corrected chi connectivity index (χ0v) is 17.3. The highest BCUT2D eigenvalue weighted by atomic mass is 16.5. The van der Waals surface area contributed by atoms with E-state index < -0.39 is 0 Å². The molecule has 0 saturated carbocycles. The van der Waals surface area contributed by atoms with Crippen molar-refractivity contribution in [3.05, 3.63) is 52.6 Å². The number of rotatable bonds is 7. The summed E-state index contributed by atoms with van der Waals surface area (Å²) in [5.74, 6) is 1.35. The second-order valence-corrected chi connectivity index (χ2v) is 7.01. The summed E-state index contributed by atoms with van der Waals surface area (Å²) < 4.78 is 10.9. The van der Waals surface area contributed by atoms with Crippen molar-refractivity contribution >= 4 is 11.6 Å². The number of hydrogen-bond acceptors (Lipinski definition) is 4. The third-order valence-corrected chi connectivity index (χ3v) is 4.87. The number of amides is 1. The van der Waals surface area contributed by atoms with E-state index in [-0.39, 0.29) is 11.9 Å². The minimum atomic E-state index is -0.305. The van der Waals surface area contributed by atoms with Gasteiger partial charge in [0.2, 0.25) is 5.91 Å². The first kappa shape index (κ1) is 20.8. The number of hydrogen-bond donors (Lipinski definition) is 1. The number of benzene rings is 2. The molecule has 5 nitrogen and oxygen atoms in total. The summed E-state index contributed by atoms with van der Waals surface area (Å²) in [7, 11) is 5.17. The normalized spacial score (nSPS) is 12.0. The molecule has 0 aromatic heterocycles. The first-order chi connectivity index (χ1) is 12.8. The van der Waals surface area contributed by atoms with E-state index in [0.717, 1.165) is 22.4 Å². The minimum Gasteiger partial charge on any atom is -0.493 e. The van der Waals surface area contributed by atoms with Gasteiger partial charge in [0.1, 0.15) is 0 Å². The molecule has 5 heteroatoms. The predicted octanol–water partition coefficient (Wildman–Crippen LogP) is 4.09. The van der Waals surface area contributed by atoms with Crippen molar-refractivity contribution in [3.8, 4) is 11.5 Å². The first-order valence-corrected chi connectivity index (χ1v) is 9.07. The molecule has 2 rings (SSSR count). The molecule has 0 spiro atoms. The van der Waals surface area contributed by atoms with Crippen LogP contribution in [0.4, 0.5) is 5.69 Å². The molecule has 0 radical (unpaired) electrons. The van der Waals surface area contributed by atoms with E-state index in [9.17, 15) is 4.79 Å². The molecule has 1 atom stereocenters. The summed E-state index contributed by atoms with van der Waals surface area (Å²) in [6, 6.07) is 9.63. The van der Waals surface area contributed by atoms with Crippen molar-refractivity contribution in [3.63, 3.8) is 0 Å². The lowest BCUT2D eigenvalue weighted by Gasteiger charge is -2.26. The Morgan fingerprint density at radius 1 is 1.11 bits per heavy atom. The number of likely N-dealkylation sites (N-methyl/N-ethyl adjacent to an activating group) is 1. The Morgan fingerprint density at radius 2 is 1.74 bits per heavy atom. The van der Waals surface area contributed by atoms with Crippen LogP contribution in [0.2, 0.25) is 0 Å². The standard InChI is InChI=1S/C22H30N2O3/c1-14-11-15(2)20(16(3)12-14)23-22(25)17(4)24(5)13-18-9-8-10-19(26-6)21(18)27-7/h8-12,17H,13H2,1-7H3,(H,23,25)/t17-/m1/s1. The molecule has 0 aliphatic heterocycles. The number of aryl methyl sites for hydroxylation is 3. The van der Waals surface area contributed by atoms with Gasteiger partial charge in [0, 0.05) is 17.8 Å². The van der Waals surface area contributed by atoms with E-state index in [1.165, 1.54) is 5.56 Å². The molecular weight excluding hydrogens is 340 g/mol. The summed E-state index contributed by atoms with van der Waals surface area (Å²) in [5, 5.41) is 3.09. The molecule has 146 valence electrons. The quantitative estimate of drug-likeness (QED) is 0.798. The second-order valence-electron chi connectivity index (χ2n) is 7.01. The van der Waals surface area contributed by atoms with Gasteiger partial charge in [-0.15, -0.1) is 0 Å². The third kappa shape index (κ3) is 4.80. The summed E-state index contributed by atoms with van der Waals surface area (Å²) in [6.45, 7) is 8.57. The van der Waals surface area contributed by atoms with E-state index in [0.29, 0.717) is 18.0 Å². The van der Waals surface area contributed by atoms with Gasteiger partial charge in [0.05, 0.1) is 20.3 Å². The van der Waals surface area contributed by atoms with Gasteiger partial charge in [-0.1, -0.05) is 29.8 Å². The number of nitrogens with one attached hydrogen (secondary N) is 1. The topological polar surface area (TPSA) is 50.8 Å². The van der Waals surface area contributed by atoms with Gasteiger partial charge in [-0.2, -0.15) is 0 Å². The molecule has 2 aromatic rings. The van der Waals surface area contributed by atoms with Gasteiger partial charge in [-0.05, 0) is 51.9 Å². The summed E-state index contributed by atoms with van der Waals surface area (Å²) in [5.41, 5.74) is 5.21. The van der Waals surface area contributed by atoms with Crippen LogP contribution >= 0.6 is 0 Å². The lowest BCUT2D eigenvalue weighted by Crippen LogP contribution is -2.39. The highest BCUT2D eigenvalue weighted by molar-refractivity contribution is 5.95. The van der Waals surface area contributed by atoms with Crippen LogP contribution in [-0.4, -0.2) is 38.1 Å². The van der Waals surface area contributed by atoms with E-state index in [2.05, 4.69) is 24.4 Å². The largest absolute Gasteiger partial charge is 0.493 e. The maximum atomic E-state index is 12.8. The van der Waals surface area contributed by atoms with Crippen LogP contribution < -0.4 is 14.8 Å². The van der Waals surface area contributed by atoms with Gasteiger partial charge in [-0.3, -0.25) is 9.69 Å². The van der Waals surface area contributed by atoms with Crippen LogP contribution in [-0.2, 0) is 11.3 Å². The van der Waals surface area contributed by atoms with Gasteiger partial charge in [-0.25, -0.2) is 0 Å². The van der Waals surface area contributed by atoms with E-state index in [1.807, 2.05) is 50.9 Å². The van der Waals surface area contributed by atoms with Crippen molar-refractivity contribution in [2.24, 2.45) is 0 Å². The van der Waals surface area contributed by atoms with Gasteiger partial charge < -0.3 is 14.8 Å². The van der Waals surface area contributed by atoms with E-state index in [1.54, 1.807) is 14.2 Å². The van der Waals surface area contributed by atoms with Crippen LogP contribution in [0.5, 0.6) is 11.5 Å². The van der Waals surface area contributed by atoms with Crippen molar-refractivity contribution in [1.29, 1.82) is 0 Å². The molecule has 0 fully saturated rings. The van der Waals surface area contributed by atoms with Crippen molar-refractivity contribution < 1.29 is 14.3 Å². The minimum absolute atomic E-state index is 0.0329. The molecule has 0 bridgehead atoms. The Bertz CT molecular complexity index is 794. The average Bonchev–Trinajstić information content (AvgIpc) is 2.63. The van der Waals surface area contributed by atoms with Crippen LogP contribution in [0.15, 0.2) is 30.3 Å². The fourth-order valence-electron chi connectivity index (χ4n) is 3.29. The molecular formula is C22H30N2O3. The highest BCUT2D eigenvalue weighted by Gasteiger charge is 2.21. The number of nitrogens with zero attached hydrogens (tertiary/aromatic N) is 1. The lowest BCUT2D eigenvalue weighted by atomic mass is 10.0. The number of carbonyl (C=O) groups is 1. The lowest BCUT2D eigenvalue weighted by molar-refractivity contribution is -0.120. The maximum Gasteiger partial charge on any atom is 0.241 e. The molecule has 1 amide bonds. The predicted molar refractivity (Wildman–Crippen MR) is 110 cm³/mol. The third-order valence-electron chi connectivity index (χ3n) is 4.87. The Kier molecular flexibility index (Phi) is 6.86. The number of para-hydroxylation sites is 1. The number of methoxy groups -OCH3 is 2. The second kappa shape index (κ2) is 8.91. The molecule has 0 aliphatic carbocycles. The molecule has 0 saturated heterocycles. The molecule has 0 aliphatic rings. The van der Waals surface area contributed by atoms with Crippen LogP contribution in [0.1, 0.15) is 29.2 Å². The fraction of sp³-hybridized carbons (Fsp3) is 0.409. The van der Waals surface area contributed by atoms with Crippen molar-refractivity contribution in [2.75, 3.05) is 26.6 Å². The van der Waals surface area contributed by atoms with Gasteiger partial charge >= 0.3 is 0 Å². The number of carbonyl (C=O) groups excluding carboxylic acids is 1. The zero-order valence-electron chi connectivity index (χ0n) is 17.3. The smallest absolute Gasteiger partial charge is 0.241 e. The van der Waals surface area contributed by atoms with Crippen molar-refractivity contribution in [1.82, 2.24) is 4.90 Å². The molecule has 2 aromatic carbocycles. The zero-order chi connectivity index (χ0) is 20.1. The van der Waals surface area contributed by atoms with Crippen LogP contribution in [0, 0.1) is 20.8 Å². The van der Waals surface area contributed by atoms with Gasteiger partial charge in [0.25, 0.3) is 0 Å². The Morgan fingerprint density at radius 3 is 2.30 bits per heavy atom. The van der Waals surface area contributed by atoms with Gasteiger partial charge in [0.15, 0.2) is 11.5 Å². The van der Waals surface area contributed by atoms with Crippen LogP contribution in [0.3, 0.4) is 0 Å². The highest BCUT2D eigenvalue weighted by Crippen LogP contribution is 2.31. The Balaban J connectivity index is 2.14. The average molecular weight is 370 g/mol. The number of ether oxygens (including phenoxy) is 2. The summed E-state index contributed by atoms with van der Waals surface area (Å²) >= 11 is 0. The fourth-order valence-corrected chi connectivity index (χ4v) is 3.29. The van der Waals surface area contributed by atoms with E-state index in [4.69, 9.17) is 9.47 Å². The SMILES string of the molecule is COc1cccc(CN(C)[C@H](C)C(=O)Nc2c(C)cc(C)cc2C)c1OC. The summed E-state index contributed by atoms with van der Waals surface area (Å²) in [4.78, 5) is 14.8. The monoisotopic (exact) mass is 370 g/mol. The Hall–Kier alpha value is -2.53. The molecule has 1 N–H and O–H groups in total. The molecule has 0 heterocycles. The first-order valence-electron chi connectivity index (χ1n) is 9.07. The van der Waals surface area contributed by atoms with Crippen LogP contribution in [0.25, 0.3) is 0 Å². The maximum absolute atomic E-state index is 12.8. The Labute approximate surface area is 162 Å². The summed E-state index contributed by atoms with van der Waals surface area (Å²) in [6.07, 6.45) is 0. The molecule has 0 unspecified atom stereocenters. The molecule has 27 heavy (non-hydrogen) atoms. The number of anilines is 1. The van der Waals surface area contributed by atoms with Crippen molar-refractivity contribution in [2.45, 2.75) is 40.3 Å².